The minimum atomic E-state index is -0.219. The summed E-state index contributed by atoms with van der Waals surface area (Å²) in [6.45, 7) is 3.95. The second-order valence-corrected chi connectivity index (χ2v) is 6.21. The number of nitrogens with one attached hydrogen (secondary N) is 1. The van der Waals surface area contributed by atoms with E-state index in [1.165, 1.54) is 0 Å². The van der Waals surface area contributed by atoms with Gasteiger partial charge in [-0.25, -0.2) is 4.98 Å². The molecule has 3 aromatic rings. The highest BCUT2D eigenvalue weighted by Gasteiger charge is 2.05. The molecular weight excluding hydrogens is 336 g/mol. The van der Waals surface area contributed by atoms with Gasteiger partial charge in [-0.1, -0.05) is 24.1 Å². The number of ether oxygens (including phenoxy) is 1. The van der Waals surface area contributed by atoms with Gasteiger partial charge >= 0.3 is 0 Å². The fourth-order valence-electron chi connectivity index (χ4n) is 2.61. The quantitative estimate of drug-likeness (QED) is 0.716. The summed E-state index contributed by atoms with van der Waals surface area (Å²) in [7, 11) is 0. The van der Waals surface area contributed by atoms with Crippen LogP contribution in [0.4, 0.5) is 5.69 Å². The van der Waals surface area contributed by atoms with Crippen LogP contribution in [0.15, 0.2) is 66.9 Å². The van der Waals surface area contributed by atoms with Gasteiger partial charge in [0.25, 0.3) is 5.91 Å². The van der Waals surface area contributed by atoms with E-state index in [-0.39, 0.29) is 12.5 Å². The Morgan fingerprint density at radius 1 is 1.00 bits per heavy atom. The van der Waals surface area contributed by atoms with Gasteiger partial charge in [-0.15, -0.1) is 0 Å². The molecule has 1 amide bonds. The molecule has 0 spiro atoms. The van der Waals surface area contributed by atoms with Crippen molar-refractivity contribution in [2.24, 2.45) is 0 Å². The van der Waals surface area contributed by atoms with Gasteiger partial charge in [0.15, 0.2) is 6.61 Å². The van der Waals surface area contributed by atoms with E-state index < -0.39 is 0 Å². The number of benzene rings is 2. The molecule has 4 nitrogen and oxygen atoms in total. The zero-order valence-electron chi connectivity index (χ0n) is 15.3. The number of aromatic nitrogens is 1. The Morgan fingerprint density at radius 3 is 2.56 bits per heavy atom. The molecular formula is C23H20N2O2. The number of amides is 1. The average molecular weight is 356 g/mol. The number of pyridine rings is 1. The number of nitrogens with zero attached hydrogens (tertiary/aromatic N) is 1. The molecule has 3 rings (SSSR count). The summed E-state index contributed by atoms with van der Waals surface area (Å²) in [4.78, 5) is 16.3. The predicted octanol–water partition coefficient (Wildman–Crippen LogP) is 4.12. The largest absolute Gasteiger partial charge is 0.484 e. The van der Waals surface area contributed by atoms with Gasteiger partial charge in [0, 0.05) is 17.4 Å². The Labute approximate surface area is 159 Å². The standard InChI is InChI=1S/C23H20N2O2/c1-17-12-18(2)14-22(13-17)27-16-23(26)25-21-8-5-6-19(15-21)9-10-20-7-3-4-11-24-20/h3-8,11-15H,16H2,1-2H3,(H,25,26). The number of carbonyl (C=O) groups excluding carboxylic acids is 1. The maximum Gasteiger partial charge on any atom is 0.262 e. The van der Waals surface area contributed by atoms with Crippen molar-refractivity contribution in [3.8, 4) is 17.6 Å². The van der Waals surface area contributed by atoms with Crippen molar-refractivity contribution in [2.75, 3.05) is 11.9 Å². The molecule has 0 unspecified atom stereocenters. The Bertz CT molecular complexity index is 981. The fourth-order valence-corrected chi connectivity index (χ4v) is 2.61. The second-order valence-electron chi connectivity index (χ2n) is 6.21. The lowest BCUT2D eigenvalue weighted by atomic mass is 10.1. The molecule has 134 valence electrons. The van der Waals surface area contributed by atoms with Crippen molar-refractivity contribution >= 4 is 11.6 Å². The van der Waals surface area contributed by atoms with E-state index in [1.54, 1.807) is 6.20 Å². The molecule has 0 aliphatic rings. The van der Waals surface area contributed by atoms with Crippen LogP contribution < -0.4 is 10.1 Å². The first-order valence-electron chi connectivity index (χ1n) is 8.62. The van der Waals surface area contributed by atoms with E-state index in [1.807, 2.05) is 68.4 Å². The molecule has 2 aromatic carbocycles. The van der Waals surface area contributed by atoms with Gasteiger partial charge in [-0.2, -0.15) is 0 Å². The predicted molar refractivity (Wildman–Crippen MR) is 107 cm³/mol. The van der Waals surface area contributed by atoms with Crippen LogP contribution in [-0.2, 0) is 4.79 Å². The second kappa shape index (κ2) is 8.68. The smallest absolute Gasteiger partial charge is 0.262 e. The van der Waals surface area contributed by atoms with Crippen molar-refractivity contribution in [2.45, 2.75) is 13.8 Å². The molecule has 1 N–H and O–H groups in total. The Balaban J connectivity index is 1.60. The summed E-state index contributed by atoms with van der Waals surface area (Å²) < 4.78 is 5.59. The summed E-state index contributed by atoms with van der Waals surface area (Å²) in [6.07, 6.45) is 1.70. The molecule has 0 aliphatic carbocycles. The van der Waals surface area contributed by atoms with Crippen LogP contribution in [0.2, 0.25) is 0 Å². The average Bonchev–Trinajstić information content (AvgIpc) is 2.65. The van der Waals surface area contributed by atoms with Crippen molar-refractivity contribution < 1.29 is 9.53 Å². The minimum Gasteiger partial charge on any atom is -0.484 e. The number of anilines is 1. The highest BCUT2D eigenvalue weighted by atomic mass is 16.5. The van der Waals surface area contributed by atoms with Crippen LogP contribution in [0.3, 0.4) is 0 Å². The lowest BCUT2D eigenvalue weighted by Crippen LogP contribution is -2.20. The normalized spacial score (nSPS) is 9.85. The highest BCUT2D eigenvalue weighted by molar-refractivity contribution is 5.92. The number of carbonyl (C=O) groups is 1. The van der Waals surface area contributed by atoms with Gasteiger partial charge < -0.3 is 10.1 Å². The lowest BCUT2D eigenvalue weighted by Gasteiger charge is -2.09. The summed E-state index contributed by atoms with van der Waals surface area (Å²) >= 11 is 0. The Morgan fingerprint density at radius 2 is 1.81 bits per heavy atom. The first kappa shape index (κ1) is 18.2. The van der Waals surface area contributed by atoms with Gasteiger partial charge in [0.1, 0.15) is 11.4 Å². The molecule has 1 aromatic heterocycles. The summed E-state index contributed by atoms with van der Waals surface area (Å²) in [5.74, 6) is 6.52. The molecule has 0 fully saturated rings. The fraction of sp³-hybridized carbons (Fsp3) is 0.130. The van der Waals surface area contributed by atoms with E-state index in [0.29, 0.717) is 17.1 Å². The first-order chi connectivity index (χ1) is 13.1. The third-order valence-electron chi connectivity index (χ3n) is 3.71. The number of aryl methyl sites for hydroxylation is 2. The monoisotopic (exact) mass is 356 g/mol. The number of hydrogen-bond donors (Lipinski definition) is 1. The summed E-state index contributed by atoms with van der Waals surface area (Å²) in [5, 5.41) is 2.83. The highest BCUT2D eigenvalue weighted by Crippen LogP contribution is 2.16. The third-order valence-corrected chi connectivity index (χ3v) is 3.71. The van der Waals surface area contributed by atoms with E-state index in [0.717, 1.165) is 16.7 Å². The van der Waals surface area contributed by atoms with Gasteiger partial charge in [-0.05, 0) is 73.4 Å². The topological polar surface area (TPSA) is 51.2 Å². The van der Waals surface area contributed by atoms with Crippen LogP contribution >= 0.6 is 0 Å². The first-order valence-corrected chi connectivity index (χ1v) is 8.62. The number of hydrogen-bond acceptors (Lipinski definition) is 3. The molecule has 4 heteroatoms. The van der Waals surface area contributed by atoms with Gasteiger partial charge in [-0.3, -0.25) is 4.79 Å². The van der Waals surface area contributed by atoms with Crippen LogP contribution in [0.25, 0.3) is 0 Å². The maximum absolute atomic E-state index is 12.2. The van der Waals surface area contributed by atoms with E-state index in [4.69, 9.17) is 4.74 Å². The van der Waals surface area contributed by atoms with Gasteiger partial charge in [0.2, 0.25) is 0 Å². The molecule has 0 saturated carbocycles. The van der Waals surface area contributed by atoms with Crippen molar-refractivity contribution in [3.63, 3.8) is 0 Å². The maximum atomic E-state index is 12.2. The van der Waals surface area contributed by atoms with Crippen LogP contribution in [0, 0.1) is 25.7 Å². The molecule has 1 heterocycles. The van der Waals surface area contributed by atoms with E-state index >= 15 is 0 Å². The summed E-state index contributed by atoms with van der Waals surface area (Å²) in [5.41, 5.74) is 4.38. The van der Waals surface area contributed by atoms with Crippen LogP contribution in [0.5, 0.6) is 5.75 Å². The molecule has 0 atom stereocenters. The molecule has 0 radical (unpaired) electrons. The lowest BCUT2D eigenvalue weighted by molar-refractivity contribution is -0.118. The molecule has 0 saturated heterocycles. The SMILES string of the molecule is Cc1cc(C)cc(OCC(=O)Nc2cccc(C#Cc3ccccn3)c2)c1. The van der Waals surface area contributed by atoms with E-state index in [2.05, 4.69) is 28.2 Å². The van der Waals surface area contributed by atoms with E-state index in [9.17, 15) is 4.79 Å². The van der Waals surface area contributed by atoms with Crippen LogP contribution in [-0.4, -0.2) is 17.5 Å². The van der Waals surface area contributed by atoms with Crippen molar-refractivity contribution in [1.29, 1.82) is 0 Å². The zero-order valence-corrected chi connectivity index (χ0v) is 15.3. The third kappa shape index (κ3) is 5.72. The minimum absolute atomic E-state index is 0.0489. The number of rotatable bonds is 4. The Hall–Kier alpha value is -3.58. The molecule has 0 bridgehead atoms. The molecule has 0 aliphatic heterocycles. The van der Waals surface area contributed by atoms with Crippen molar-refractivity contribution in [1.82, 2.24) is 4.98 Å². The Kier molecular flexibility index (Phi) is 5.86. The van der Waals surface area contributed by atoms with Crippen LogP contribution in [0.1, 0.15) is 22.4 Å². The molecule has 27 heavy (non-hydrogen) atoms. The van der Waals surface area contributed by atoms with Crippen molar-refractivity contribution in [3.05, 3.63) is 89.2 Å². The zero-order chi connectivity index (χ0) is 19.1. The summed E-state index contributed by atoms with van der Waals surface area (Å²) in [6, 6.07) is 18.9. The van der Waals surface area contributed by atoms with Gasteiger partial charge in [0.05, 0.1) is 0 Å².